The molecule has 7 heteroatoms. The molecular weight excluding hydrogens is 422 g/mol. The molecule has 4 aromatic rings. The van der Waals surface area contributed by atoms with E-state index in [0.29, 0.717) is 28.4 Å². The van der Waals surface area contributed by atoms with E-state index in [1.807, 2.05) is 54.3 Å². The quantitative estimate of drug-likeness (QED) is 0.334. The molecule has 0 fully saturated rings. The summed E-state index contributed by atoms with van der Waals surface area (Å²) in [7, 11) is 0. The Hall–Kier alpha value is -3.32. The Balaban J connectivity index is 1.49. The highest BCUT2D eigenvalue weighted by atomic mass is 32.2. The minimum Gasteiger partial charge on any atom is -0.467 e. The van der Waals surface area contributed by atoms with E-state index in [9.17, 15) is 9.59 Å². The lowest BCUT2D eigenvalue weighted by atomic mass is 10.0. The molecule has 0 saturated heterocycles. The summed E-state index contributed by atoms with van der Waals surface area (Å²) in [5.74, 6) is 0.684. The number of aromatic nitrogens is 2. The second-order valence-electron chi connectivity index (χ2n) is 7.86. The van der Waals surface area contributed by atoms with Crippen molar-refractivity contribution in [2.75, 3.05) is 11.4 Å². The van der Waals surface area contributed by atoms with Crippen LogP contribution in [0.15, 0.2) is 81.3 Å². The van der Waals surface area contributed by atoms with Crippen LogP contribution in [0.4, 0.5) is 5.69 Å². The highest BCUT2D eigenvalue weighted by molar-refractivity contribution is 8.00. The monoisotopic (exact) mass is 445 g/mol. The number of furan rings is 1. The molecule has 1 aliphatic heterocycles. The number of thioether (sulfide) groups is 1. The molecule has 0 radical (unpaired) electrons. The summed E-state index contributed by atoms with van der Waals surface area (Å²) in [6, 6.07) is 19.0. The highest BCUT2D eigenvalue weighted by Crippen LogP contribution is 2.31. The lowest BCUT2D eigenvalue weighted by molar-refractivity contribution is -0.117. The molecule has 0 bridgehead atoms. The molecule has 6 nitrogen and oxygen atoms in total. The SMILES string of the molecule is CC(Sc1nc2ccccc2c(=O)n1Cc1ccco1)C(=O)N1CCCc2ccccc21. The highest BCUT2D eigenvalue weighted by Gasteiger charge is 2.28. The molecule has 0 aliphatic carbocycles. The van der Waals surface area contributed by atoms with Crippen molar-refractivity contribution < 1.29 is 9.21 Å². The van der Waals surface area contributed by atoms with E-state index in [0.717, 1.165) is 18.5 Å². The predicted octanol–water partition coefficient (Wildman–Crippen LogP) is 4.50. The van der Waals surface area contributed by atoms with Crippen LogP contribution in [0.2, 0.25) is 0 Å². The second kappa shape index (κ2) is 8.67. The molecule has 1 atom stereocenters. The van der Waals surface area contributed by atoms with E-state index < -0.39 is 5.25 Å². The number of hydrogen-bond acceptors (Lipinski definition) is 5. The Morgan fingerprint density at radius 1 is 1.12 bits per heavy atom. The van der Waals surface area contributed by atoms with E-state index in [2.05, 4.69) is 6.07 Å². The van der Waals surface area contributed by atoms with Gasteiger partial charge in [-0.25, -0.2) is 4.98 Å². The molecule has 2 aromatic carbocycles. The van der Waals surface area contributed by atoms with Crippen LogP contribution in [0.1, 0.15) is 24.7 Å². The van der Waals surface area contributed by atoms with Gasteiger partial charge in [-0.15, -0.1) is 0 Å². The smallest absolute Gasteiger partial charge is 0.262 e. The number of rotatable bonds is 5. The molecule has 2 aromatic heterocycles. The maximum Gasteiger partial charge on any atom is 0.262 e. The molecule has 3 heterocycles. The average molecular weight is 446 g/mol. The Morgan fingerprint density at radius 2 is 1.94 bits per heavy atom. The maximum absolute atomic E-state index is 13.4. The lowest BCUT2D eigenvalue weighted by Crippen LogP contribution is -2.40. The number of benzene rings is 2. The van der Waals surface area contributed by atoms with E-state index in [-0.39, 0.29) is 18.0 Å². The van der Waals surface area contributed by atoms with Crippen LogP contribution >= 0.6 is 11.8 Å². The molecule has 5 rings (SSSR count). The van der Waals surface area contributed by atoms with E-state index in [1.54, 1.807) is 23.0 Å². The number of amides is 1. The van der Waals surface area contributed by atoms with Gasteiger partial charge in [0.15, 0.2) is 5.16 Å². The van der Waals surface area contributed by atoms with Crippen LogP contribution in [0.25, 0.3) is 10.9 Å². The van der Waals surface area contributed by atoms with Gasteiger partial charge < -0.3 is 9.32 Å². The largest absolute Gasteiger partial charge is 0.467 e. The third-order valence-electron chi connectivity index (χ3n) is 5.73. The third kappa shape index (κ3) is 3.84. The number of para-hydroxylation sites is 2. The third-order valence-corrected chi connectivity index (χ3v) is 6.80. The van der Waals surface area contributed by atoms with Gasteiger partial charge in [0, 0.05) is 12.2 Å². The summed E-state index contributed by atoms with van der Waals surface area (Å²) in [4.78, 5) is 33.3. The first-order valence-electron chi connectivity index (χ1n) is 10.7. The van der Waals surface area contributed by atoms with Crippen LogP contribution < -0.4 is 10.5 Å². The minimum atomic E-state index is -0.405. The Kier molecular flexibility index (Phi) is 5.57. The maximum atomic E-state index is 13.4. The molecule has 0 saturated carbocycles. The Morgan fingerprint density at radius 3 is 2.78 bits per heavy atom. The molecule has 1 unspecified atom stereocenters. The average Bonchev–Trinajstić information content (AvgIpc) is 3.34. The first kappa shape index (κ1) is 20.6. The van der Waals surface area contributed by atoms with Crippen molar-refractivity contribution in [2.45, 2.75) is 36.7 Å². The molecule has 0 N–H and O–H groups in total. The molecule has 1 amide bonds. The van der Waals surface area contributed by atoms with Crippen LogP contribution in [0.5, 0.6) is 0 Å². The van der Waals surface area contributed by atoms with Gasteiger partial charge >= 0.3 is 0 Å². The molecule has 32 heavy (non-hydrogen) atoms. The van der Waals surface area contributed by atoms with Gasteiger partial charge in [0.2, 0.25) is 5.91 Å². The van der Waals surface area contributed by atoms with Crippen molar-refractivity contribution >= 4 is 34.3 Å². The zero-order valence-corrected chi connectivity index (χ0v) is 18.5. The number of carbonyl (C=O) groups is 1. The normalized spacial score (nSPS) is 14.3. The minimum absolute atomic E-state index is 0.0223. The van der Waals surface area contributed by atoms with Crippen molar-refractivity contribution in [1.29, 1.82) is 0 Å². The van der Waals surface area contributed by atoms with Crippen LogP contribution in [-0.2, 0) is 17.8 Å². The molecular formula is C25H23N3O3S. The van der Waals surface area contributed by atoms with E-state index in [4.69, 9.17) is 9.40 Å². The summed E-state index contributed by atoms with van der Waals surface area (Å²) in [5.41, 5.74) is 2.66. The summed E-state index contributed by atoms with van der Waals surface area (Å²) < 4.78 is 7.07. The second-order valence-corrected chi connectivity index (χ2v) is 9.17. The Labute approximate surface area is 189 Å². The van der Waals surface area contributed by atoms with Gasteiger partial charge in [-0.1, -0.05) is 42.1 Å². The van der Waals surface area contributed by atoms with Crippen LogP contribution in [-0.4, -0.2) is 27.3 Å². The first-order chi connectivity index (χ1) is 15.6. The van der Waals surface area contributed by atoms with Gasteiger partial charge in [-0.2, -0.15) is 0 Å². The summed E-state index contributed by atoms with van der Waals surface area (Å²) in [5, 5.41) is 0.653. The van der Waals surface area contributed by atoms with Crippen molar-refractivity contribution in [1.82, 2.24) is 9.55 Å². The topological polar surface area (TPSA) is 68.3 Å². The summed E-state index contributed by atoms with van der Waals surface area (Å²) in [6.07, 6.45) is 3.51. The fraction of sp³-hybridized carbons (Fsp3) is 0.240. The van der Waals surface area contributed by atoms with Gasteiger partial charge in [-0.3, -0.25) is 14.2 Å². The lowest BCUT2D eigenvalue weighted by Gasteiger charge is -2.31. The van der Waals surface area contributed by atoms with Crippen LogP contribution in [0.3, 0.4) is 0 Å². The predicted molar refractivity (Wildman–Crippen MR) is 126 cm³/mol. The summed E-state index contributed by atoms with van der Waals surface area (Å²) in [6.45, 7) is 2.84. The molecule has 162 valence electrons. The summed E-state index contributed by atoms with van der Waals surface area (Å²) >= 11 is 1.32. The van der Waals surface area contributed by atoms with Crippen molar-refractivity contribution in [3.63, 3.8) is 0 Å². The standard InChI is InChI=1S/C25H23N3O3S/c1-17(23(29)27-14-6-9-18-8-2-5-13-22(18)27)32-25-26-21-12-4-3-11-20(21)24(30)28(25)16-19-10-7-15-31-19/h2-5,7-8,10-13,15,17H,6,9,14,16H2,1H3. The van der Waals surface area contributed by atoms with Gasteiger partial charge in [0.1, 0.15) is 5.76 Å². The molecule has 0 spiro atoms. The zero-order valence-electron chi connectivity index (χ0n) is 17.7. The number of hydrogen-bond donors (Lipinski definition) is 0. The fourth-order valence-electron chi connectivity index (χ4n) is 4.13. The van der Waals surface area contributed by atoms with Gasteiger partial charge in [0.25, 0.3) is 5.56 Å². The number of carbonyl (C=O) groups excluding carboxylic acids is 1. The van der Waals surface area contributed by atoms with Crippen molar-refractivity contribution in [2.24, 2.45) is 0 Å². The van der Waals surface area contributed by atoms with E-state index >= 15 is 0 Å². The number of anilines is 1. The molecule has 1 aliphatic rings. The number of nitrogens with zero attached hydrogens (tertiary/aromatic N) is 3. The van der Waals surface area contributed by atoms with Gasteiger partial charge in [-0.05, 0) is 55.7 Å². The number of fused-ring (bicyclic) bond motifs is 2. The first-order valence-corrected chi connectivity index (χ1v) is 11.6. The van der Waals surface area contributed by atoms with Gasteiger partial charge in [0.05, 0.1) is 29.0 Å². The fourth-order valence-corrected chi connectivity index (χ4v) is 5.10. The Bertz CT molecular complexity index is 1330. The van der Waals surface area contributed by atoms with Crippen LogP contribution in [0, 0.1) is 0 Å². The van der Waals surface area contributed by atoms with E-state index in [1.165, 1.54) is 17.3 Å². The van der Waals surface area contributed by atoms with Crippen molar-refractivity contribution in [3.8, 4) is 0 Å². The van der Waals surface area contributed by atoms with Crippen molar-refractivity contribution in [3.05, 3.63) is 88.6 Å². The zero-order chi connectivity index (χ0) is 22.1. The number of aryl methyl sites for hydroxylation is 1.